The second-order valence-corrected chi connectivity index (χ2v) is 5.11. The molecule has 1 heteroatoms. The van der Waals surface area contributed by atoms with Crippen LogP contribution in [0.2, 0.25) is 0 Å². The Morgan fingerprint density at radius 1 is 1.15 bits per heavy atom. The number of hydrogen-bond acceptors (Lipinski definition) is 1. The summed E-state index contributed by atoms with van der Waals surface area (Å²) in [5, 5.41) is 3.58. The maximum atomic E-state index is 3.58. The first-order chi connectivity index (χ1) is 6.11. The molecule has 0 aromatic carbocycles. The van der Waals surface area contributed by atoms with Gasteiger partial charge in [0.1, 0.15) is 0 Å². The highest BCUT2D eigenvalue weighted by atomic mass is 14.9. The summed E-state index contributed by atoms with van der Waals surface area (Å²) in [5.74, 6) is 2.76. The van der Waals surface area contributed by atoms with E-state index in [4.69, 9.17) is 0 Å². The van der Waals surface area contributed by atoms with Crippen LogP contribution in [0.25, 0.3) is 0 Å². The van der Waals surface area contributed by atoms with Gasteiger partial charge in [0.15, 0.2) is 0 Å². The van der Waals surface area contributed by atoms with Crippen molar-refractivity contribution in [3.63, 3.8) is 0 Å². The van der Waals surface area contributed by atoms with Crippen LogP contribution in [0.3, 0.4) is 0 Å². The fraction of sp³-hybridized carbons (Fsp3) is 1.00. The van der Waals surface area contributed by atoms with Crippen LogP contribution in [-0.2, 0) is 0 Å². The van der Waals surface area contributed by atoms with E-state index in [0.29, 0.717) is 6.04 Å². The van der Waals surface area contributed by atoms with Crippen molar-refractivity contribution in [2.24, 2.45) is 17.8 Å². The summed E-state index contributed by atoms with van der Waals surface area (Å²) in [7, 11) is 0. The second-order valence-electron chi connectivity index (χ2n) is 5.11. The first kappa shape index (κ1) is 11.0. The third-order valence-corrected chi connectivity index (χ3v) is 3.54. The molecule has 0 aromatic rings. The lowest BCUT2D eigenvalue weighted by atomic mass is 9.73. The summed E-state index contributed by atoms with van der Waals surface area (Å²) in [6.45, 7) is 10.5. The second kappa shape index (κ2) is 4.99. The summed E-state index contributed by atoms with van der Waals surface area (Å²) in [6, 6.07) is 0.640. The van der Waals surface area contributed by atoms with Gasteiger partial charge >= 0.3 is 0 Å². The van der Waals surface area contributed by atoms with Crippen molar-refractivity contribution in [2.45, 2.75) is 53.0 Å². The predicted molar refractivity (Wildman–Crippen MR) is 58.8 cm³/mol. The van der Waals surface area contributed by atoms with Gasteiger partial charge in [0.25, 0.3) is 0 Å². The maximum Gasteiger partial charge on any atom is 0.00104 e. The molecule has 1 saturated carbocycles. The van der Waals surface area contributed by atoms with E-state index in [1.807, 2.05) is 0 Å². The average molecular weight is 183 g/mol. The fourth-order valence-electron chi connectivity index (χ4n) is 2.52. The van der Waals surface area contributed by atoms with Crippen molar-refractivity contribution >= 4 is 0 Å². The molecule has 0 aliphatic heterocycles. The maximum absolute atomic E-state index is 3.58. The lowest BCUT2D eigenvalue weighted by Gasteiger charge is -2.35. The standard InChI is InChI=1S/C12H25N/c1-9(2)13-8-12-10(3)6-5-7-11(12)4/h9-13H,5-8H2,1-4H3. The fourth-order valence-corrected chi connectivity index (χ4v) is 2.52. The Bertz CT molecular complexity index is 132. The van der Waals surface area contributed by atoms with E-state index in [9.17, 15) is 0 Å². The summed E-state index contributed by atoms with van der Waals surface area (Å²) in [6.07, 6.45) is 4.32. The molecule has 1 aliphatic carbocycles. The lowest BCUT2D eigenvalue weighted by Crippen LogP contribution is -2.37. The molecule has 2 unspecified atom stereocenters. The Morgan fingerprint density at radius 2 is 1.69 bits per heavy atom. The van der Waals surface area contributed by atoms with Gasteiger partial charge in [0.05, 0.1) is 0 Å². The van der Waals surface area contributed by atoms with Crippen LogP contribution >= 0.6 is 0 Å². The third kappa shape index (κ3) is 3.30. The smallest absolute Gasteiger partial charge is 0.00104 e. The van der Waals surface area contributed by atoms with Gasteiger partial charge in [0.2, 0.25) is 0 Å². The van der Waals surface area contributed by atoms with E-state index >= 15 is 0 Å². The van der Waals surface area contributed by atoms with Gasteiger partial charge in [-0.15, -0.1) is 0 Å². The molecule has 0 bridgehead atoms. The molecule has 0 aromatic heterocycles. The number of hydrogen-bond donors (Lipinski definition) is 1. The third-order valence-electron chi connectivity index (χ3n) is 3.54. The molecule has 0 radical (unpaired) electrons. The lowest BCUT2D eigenvalue weighted by molar-refractivity contribution is 0.172. The zero-order valence-corrected chi connectivity index (χ0v) is 9.64. The van der Waals surface area contributed by atoms with Crippen LogP contribution in [0.15, 0.2) is 0 Å². The van der Waals surface area contributed by atoms with Crippen molar-refractivity contribution in [1.82, 2.24) is 5.32 Å². The normalized spacial score (nSPS) is 35.3. The Morgan fingerprint density at radius 3 is 2.15 bits per heavy atom. The monoisotopic (exact) mass is 183 g/mol. The van der Waals surface area contributed by atoms with E-state index in [1.165, 1.54) is 25.8 Å². The quantitative estimate of drug-likeness (QED) is 0.709. The van der Waals surface area contributed by atoms with Crippen molar-refractivity contribution in [1.29, 1.82) is 0 Å². The minimum absolute atomic E-state index is 0.640. The van der Waals surface area contributed by atoms with Crippen molar-refractivity contribution in [2.75, 3.05) is 6.54 Å². The molecule has 78 valence electrons. The summed E-state index contributed by atoms with van der Waals surface area (Å²) < 4.78 is 0. The predicted octanol–water partition coefficient (Wildman–Crippen LogP) is 3.06. The van der Waals surface area contributed by atoms with Crippen LogP contribution in [-0.4, -0.2) is 12.6 Å². The van der Waals surface area contributed by atoms with Crippen LogP contribution in [0.1, 0.15) is 47.0 Å². The van der Waals surface area contributed by atoms with E-state index in [0.717, 1.165) is 17.8 Å². The van der Waals surface area contributed by atoms with E-state index < -0.39 is 0 Å². The van der Waals surface area contributed by atoms with Gasteiger partial charge in [-0.1, -0.05) is 47.0 Å². The van der Waals surface area contributed by atoms with Crippen LogP contribution in [0.5, 0.6) is 0 Å². The first-order valence-corrected chi connectivity index (χ1v) is 5.84. The summed E-state index contributed by atoms with van der Waals surface area (Å²) in [4.78, 5) is 0. The van der Waals surface area contributed by atoms with E-state index in [1.54, 1.807) is 0 Å². The number of rotatable bonds is 3. The molecule has 1 aliphatic rings. The van der Waals surface area contributed by atoms with Gasteiger partial charge < -0.3 is 5.32 Å². The van der Waals surface area contributed by atoms with Crippen molar-refractivity contribution in [3.05, 3.63) is 0 Å². The molecule has 2 atom stereocenters. The Balaban J connectivity index is 2.35. The van der Waals surface area contributed by atoms with Gasteiger partial charge in [-0.05, 0) is 24.3 Å². The molecule has 0 heterocycles. The van der Waals surface area contributed by atoms with Crippen LogP contribution in [0, 0.1) is 17.8 Å². The Kier molecular flexibility index (Phi) is 4.24. The average Bonchev–Trinajstić information content (AvgIpc) is 2.03. The highest BCUT2D eigenvalue weighted by Gasteiger charge is 2.27. The molecule has 1 N–H and O–H groups in total. The first-order valence-electron chi connectivity index (χ1n) is 5.84. The van der Waals surface area contributed by atoms with E-state index in [-0.39, 0.29) is 0 Å². The zero-order valence-electron chi connectivity index (χ0n) is 9.64. The molecule has 1 nitrogen and oxygen atoms in total. The molecule has 13 heavy (non-hydrogen) atoms. The SMILES string of the molecule is CC(C)NCC1C(C)CCCC1C. The van der Waals surface area contributed by atoms with Gasteiger partial charge in [-0.3, -0.25) is 0 Å². The molecule has 1 fully saturated rings. The van der Waals surface area contributed by atoms with Gasteiger partial charge in [-0.25, -0.2) is 0 Å². The van der Waals surface area contributed by atoms with E-state index in [2.05, 4.69) is 33.0 Å². The minimum atomic E-state index is 0.640. The van der Waals surface area contributed by atoms with Gasteiger partial charge in [-0.2, -0.15) is 0 Å². The van der Waals surface area contributed by atoms with Crippen LogP contribution in [0.4, 0.5) is 0 Å². The van der Waals surface area contributed by atoms with Gasteiger partial charge in [0, 0.05) is 6.04 Å². The van der Waals surface area contributed by atoms with Crippen molar-refractivity contribution in [3.8, 4) is 0 Å². The number of nitrogens with one attached hydrogen (secondary N) is 1. The summed E-state index contributed by atoms with van der Waals surface area (Å²) in [5.41, 5.74) is 0. The highest BCUT2D eigenvalue weighted by Crippen LogP contribution is 2.33. The molecule has 0 spiro atoms. The molecular formula is C12H25N. The largest absolute Gasteiger partial charge is 0.314 e. The Labute approximate surface area is 83.3 Å². The minimum Gasteiger partial charge on any atom is -0.314 e. The molecule has 1 rings (SSSR count). The molecule has 0 amide bonds. The highest BCUT2D eigenvalue weighted by molar-refractivity contribution is 4.79. The Hall–Kier alpha value is -0.0400. The molecule has 0 saturated heterocycles. The summed E-state index contributed by atoms with van der Waals surface area (Å²) >= 11 is 0. The van der Waals surface area contributed by atoms with Crippen LogP contribution < -0.4 is 5.32 Å². The zero-order chi connectivity index (χ0) is 9.84. The van der Waals surface area contributed by atoms with Crippen molar-refractivity contribution < 1.29 is 0 Å². The molecular weight excluding hydrogens is 158 g/mol. The topological polar surface area (TPSA) is 12.0 Å².